The van der Waals surface area contributed by atoms with Gasteiger partial charge >= 0.3 is 0 Å². The Labute approximate surface area is 118 Å². The third-order valence-corrected chi connectivity index (χ3v) is 3.60. The summed E-state index contributed by atoms with van der Waals surface area (Å²) in [4.78, 5) is 14.4. The van der Waals surface area contributed by atoms with Crippen molar-refractivity contribution in [2.45, 2.75) is 19.4 Å². The quantitative estimate of drug-likeness (QED) is 0.649. The van der Waals surface area contributed by atoms with Crippen molar-refractivity contribution in [3.8, 4) is 0 Å². The second kappa shape index (κ2) is 6.00. The molecular weight excluding hydrogens is 282 g/mol. The normalized spacial score (nSPS) is 14.1. The highest BCUT2D eigenvalue weighted by Gasteiger charge is 2.13. The van der Waals surface area contributed by atoms with Gasteiger partial charge in [0.25, 0.3) is 11.7 Å². The molecule has 7 nitrogen and oxygen atoms in total. The fourth-order valence-corrected chi connectivity index (χ4v) is 2.40. The van der Waals surface area contributed by atoms with E-state index in [1.54, 1.807) is 6.26 Å². The van der Waals surface area contributed by atoms with Gasteiger partial charge in [0.1, 0.15) is 5.52 Å². The van der Waals surface area contributed by atoms with Crippen LogP contribution in [0.15, 0.2) is 22.6 Å². The molecule has 0 amide bonds. The maximum atomic E-state index is 11.0. The molecule has 0 bridgehead atoms. The van der Waals surface area contributed by atoms with E-state index < -0.39 is 15.7 Å². The van der Waals surface area contributed by atoms with Crippen LogP contribution in [0.3, 0.4) is 0 Å². The number of oxazole rings is 1. The summed E-state index contributed by atoms with van der Waals surface area (Å²) in [6, 6.07) is 4.64. The lowest BCUT2D eigenvalue weighted by Crippen LogP contribution is -2.17. The Bertz CT molecular complexity index is 655. The van der Waals surface area contributed by atoms with Crippen LogP contribution in [0, 0.1) is 10.1 Å². The molecule has 2 atom stereocenters. The summed E-state index contributed by atoms with van der Waals surface area (Å²) in [5, 5.41) is 13.7. The molecule has 0 aliphatic rings. The zero-order valence-electron chi connectivity index (χ0n) is 11.2. The van der Waals surface area contributed by atoms with Crippen LogP contribution in [-0.2, 0) is 10.8 Å². The lowest BCUT2D eigenvalue weighted by Gasteiger charge is -2.10. The van der Waals surface area contributed by atoms with Crippen molar-refractivity contribution < 1.29 is 13.5 Å². The van der Waals surface area contributed by atoms with Gasteiger partial charge in [0.05, 0.1) is 4.92 Å². The monoisotopic (exact) mass is 297 g/mol. The van der Waals surface area contributed by atoms with E-state index in [0.29, 0.717) is 22.9 Å². The van der Waals surface area contributed by atoms with Crippen molar-refractivity contribution in [3.63, 3.8) is 0 Å². The first-order valence-electron chi connectivity index (χ1n) is 6.07. The van der Waals surface area contributed by atoms with Gasteiger partial charge in [0.15, 0.2) is 5.58 Å². The molecule has 2 unspecified atom stereocenters. The van der Waals surface area contributed by atoms with Gasteiger partial charge in [-0.05, 0) is 19.4 Å². The number of hydrogen-bond donors (Lipinski definition) is 1. The number of fused-ring (bicyclic) bond motifs is 1. The van der Waals surface area contributed by atoms with Gasteiger partial charge in [-0.15, -0.1) is 0 Å². The SMILES string of the molecule is CC(CCS(C)=O)Nc1nc2cc([N+](=O)[O-])ccc2o1. The minimum Gasteiger partial charge on any atom is -0.424 e. The predicted molar refractivity (Wildman–Crippen MR) is 77.3 cm³/mol. The van der Waals surface area contributed by atoms with Crippen molar-refractivity contribution in [2.24, 2.45) is 0 Å². The molecule has 1 N–H and O–H groups in total. The van der Waals surface area contributed by atoms with Gasteiger partial charge < -0.3 is 9.73 Å². The zero-order chi connectivity index (χ0) is 14.7. The number of nitro groups is 1. The van der Waals surface area contributed by atoms with Gasteiger partial charge in [-0.2, -0.15) is 4.98 Å². The summed E-state index contributed by atoms with van der Waals surface area (Å²) in [6.45, 7) is 1.93. The number of nitro benzene ring substituents is 1. The first kappa shape index (κ1) is 14.4. The summed E-state index contributed by atoms with van der Waals surface area (Å²) in [6.07, 6.45) is 2.38. The minimum absolute atomic E-state index is 0.0215. The highest BCUT2D eigenvalue weighted by atomic mass is 32.2. The second-order valence-electron chi connectivity index (χ2n) is 4.54. The van der Waals surface area contributed by atoms with Crippen molar-refractivity contribution in [1.82, 2.24) is 4.98 Å². The predicted octanol–water partition coefficient (Wildman–Crippen LogP) is 2.31. The van der Waals surface area contributed by atoms with Gasteiger partial charge in [-0.3, -0.25) is 14.3 Å². The van der Waals surface area contributed by atoms with E-state index in [9.17, 15) is 14.3 Å². The van der Waals surface area contributed by atoms with Crippen molar-refractivity contribution >= 4 is 33.6 Å². The number of nitrogens with one attached hydrogen (secondary N) is 1. The number of hydrogen-bond acceptors (Lipinski definition) is 6. The molecule has 8 heteroatoms. The first-order chi connectivity index (χ1) is 9.45. The van der Waals surface area contributed by atoms with Crippen LogP contribution in [-0.4, -0.2) is 32.2 Å². The van der Waals surface area contributed by atoms with Gasteiger partial charge in [-0.1, -0.05) is 0 Å². The van der Waals surface area contributed by atoms with Gasteiger partial charge in [-0.25, -0.2) is 0 Å². The van der Waals surface area contributed by atoms with E-state index in [1.165, 1.54) is 18.2 Å². The van der Waals surface area contributed by atoms with E-state index in [2.05, 4.69) is 10.3 Å². The Kier molecular flexibility index (Phi) is 4.33. The molecule has 1 aromatic heterocycles. The van der Waals surface area contributed by atoms with Crippen LogP contribution in [0.4, 0.5) is 11.7 Å². The second-order valence-corrected chi connectivity index (χ2v) is 6.09. The molecular formula is C12H15N3O4S. The van der Waals surface area contributed by atoms with E-state index in [4.69, 9.17) is 4.42 Å². The molecule has 0 saturated heterocycles. The molecule has 0 radical (unpaired) electrons. The molecule has 0 fully saturated rings. The molecule has 1 aromatic carbocycles. The Balaban J connectivity index is 2.11. The number of benzene rings is 1. The number of nitrogens with zero attached hydrogens (tertiary/aromatic N) is 2. The third-order valence-electron chi connectivity index (χ3n) is 2.79. The Morgan fingerprint density at radius 1 is 1.55 bits per heavy atom. The molecule has 108 valence electrons. The number of non-ortho nitro benzene ring substituents is 1. The number of rotatable bonds is 6. The summed E-state index contributed by atoms with van der Waals surface area (Å²) >= 11 is 0. The largest absolute Gasteiger partial charge is 0.424 e. The lowest BCUT2D eigenvalue weighted by molar-refractivity contribution is -0.384. The van der Waals surface area contributed by atoms with Gasteiger partial charge in [0.2, 0.25) is 0 Å². The fraction of sp³-hybridized carbons (Fsp3) is 0.417. The molecule has 1 heterocycles. The highest BCUT2D eigenvalue weighted by molar-refractivity contribution is 7.84. The lowest BCUT2D eigenvalue weighted by atomic mass is 10.3. The molecule has 0 aliphatic carbocycles. The highest BCUT2D eigenvalue weighted by Crippen LogP contribution is 2.23. The maximum absolute atomic E-state index is 11.0. The van der Waals surface area contributed by atoms with Crippen LogP contribution in [0.5, 0.6) is 0 Å². The summed E-state index contributed by atoms with van der Waals surface area (Å²) < 4.78 is 16.5. The van der Waals surface area contributed by atoms with Crippen LogP contribution in [0.2, 0.25) is 0 Å². The van der Waals surface area contributed by atoms with E-state index in [1.807, 2.05) is 6.92 Å². The first-order valence-corrected chi connectivity index (χ1v) is 7.80. The zero-order valence-corrected chi connectivity index (χ0v) is 12.0. The van der Waals surface area contributed by atoms with Crippen molar-refractivity contribution in [3.05, 3.63) is 28.3 Å². The number of aromatic nitrogens is 1. The van der Waals surface area contributed by atoms with Crippen molar-refractivity contribution in [1.29, 1.82) is 0 Å². The smallest absolute Gasteiger partial charge is 0.295 e. The average Bonchev–Trinajstić information content (AvgIpc) is 2.77. The Morgan fingerprint density at radius 3 is 2.95 bits per heavy atom. The summed E-state index contributed by atoms with van der Waals surface area (Å²) in [5.41, 5.74) is 0.907. The molecule has 2 aromatic rings. The van der Waals surface area contributed by atoms with Crippen LogP contribution < -0.4 is 5.32 Å². The Morgan fingerprint density at radius 2 is 2.30 bits per heavy atom. The average molecular weight is 297 g/mol. The van der Waals surface area contributed by atoms with Crippen molar-refractivity contribution in [2.75, 3.05) is 17.3 Å². The summed E-state index contributed by atoms with van der Waals surface area (Å²) in [5.74, 6) is 0.597. The standard InChI is InChI=1S/C12H15N3O4S/c1-8(5-6-20(2)18)13-12-14-10-7-9(15(16)17)3-4-11(10)19-12/h3-4,7-8H,5-6H2,1-2H3,(H,13,14). The molecule has 0 spiro atoms. The van der Waals surface area contributed by atoms with E-state index in [0.717, 1.165) is 6.42 Å². The molecule has 0 saturated carbocycles. The third kappa shape index (κ3) is 3.53. The Hall–Kier alpha value is -1.96. The number of anilines is 1. The topological polar surface area (TPSA) is 98.3 Å². The van der Waals surface area contributed by atoms with Crippen LogP contribution in [0.25, 0.3) is 11.1 Å². The molecule has 2 rings (SSSR count). The van der Waals surface area contributed by atoms with Crippen LogP contribution in [0.1, 0.15) is 13.3 Å². The fourth-order valence-electron chi connectivity index (χ4n) is 1.72. The maximum Gasteiger partial charge on any atom is 0.295 e. The van der Waals surface area contributed by atoms with Gasteiger partial charge in [0, 0.05) is 41.0 Å². The minimum atomic E-state index is -0.833. The molecule has 0 aliphatic heterocycles. The van der Waals surface area contributed by atoms with E-state index >= 15 is 0 Å². The summed E-state index contributed by atoms with van der Waals surface area (Å²) in [7, 11) is -0.833. The van der Waals surface area contributed by atoms with Crippen LogP contribution >= 0.6 is 0 Å². The van der Waals surface area contributed by atoms with E-state index in [-0.39, 0.29) is 11.7 Å². The molecule has 20 heavy (non-hydrogen) atoms.